The molecule has 1 unspecified atom stereocenters. The predicted octanol–water partition coefficient (Wildman–Crippen LogP) is 3.58. The lowest BCUT2D eigenvalue weighted by atomic mass is 10.1. The van der Waals surface area contributed by atoms with Crippen LogP contribution in [0.25, 0.3) is 10.9 Å². The Balaban J connectivity index is 1.78. The summed E-state index contributed by atoms with van der Waals surface area (Å²) in [6, 6.07) is 18.7. The van der Waals surface area contributed by atoms with Gasteiger partial charge in [-0.25, -0.2) is 4.79 Å². The Kier molecular flexibility index (Phi) is 4.12. The van der Waals surface area contributed by atoms with E-state index in [1.165, 1.54) is 0 Å². The van der Waals surface area contributed by atoms with Gasteiger partial charge >= 0.3 is 5.97 Å². The van der Waals surface area contributed by atoms with Crippen LogP contribution in [-0.2, 0) is 16.1 Å². The van der Waals surface area contributed by atoms with E-state index in [9.17, 15) is 9.90 Å². The van der Waals surface area contributed by atoms with Gasteiger partial charge in [0.15, 0.2) is 6.10 Å². The van der Waals surface area contributed by atoms with Gasteiger partial charge in [0.1, 0.15) is 0 Å². The van der Waals surface area contributed by atoms with Crippen molar-refractivity contribution in [1.82, 2.24) is 4.98 Å². The predicted molar refractivity (Wildman–Crippen MR) is 83.4 cm³/mol. The highest BCUT2D eigenvalue weighted by molar-refractivity contribution is 5.78. The molecule has 0 radical (unpaired) electrons. The summed E-state index contributed by atoms with van der Waals surface area (Å²) in [7, 11) is 0. The fourth-order valence-electron chi connectivity index (χ4n) is 2.31. The SMILES string of the molecule is O=C(O)C(OCc1cnc2ccccc2c1)c1ccccc1. The molecule has 0 aliphatic carbocycles. The Hall–Kier alpha value is -2.72. The Morgan fingerprint density at radius 1 is 1.09 bits per heavy atom. The number of aromatic nitrogens is 1. The molecule has 1 aromatic heterocycles. The minimum Gasteiger partial charge on any atom is -0.479 e. The molecule has 3 aromatic rings. The molecule has 3 rings (SSSR count). The highest BCUT2D eigenvalue weighted by atomic mass is 16.5. The number of carboxylic acids is 1. The molecule has 0 spiro atoms. The molecule has 110 valence electrons. The summed E-state index contributed by atoms with van der Waals surface area (Å²) < 4.78 is 5.59. The minimum absolute atomic E-state index is 0.198. The van der Waals surface area contributed by atoms with E-state index < -0.39 is 12.1 Å². The lowest BCUT2D eigenvalue weighted by molar-refractivity contribution is -0.151. The van der Waals surface area contributed by atoms with Gasteiger partial charge in [0, 0.05) is 11.6 Å². The number of rotatable bonds is 5. The van der Waals surface area contributed by atoms with Gasteiger partial charge in [0.05, 0.1) is 12.1 Å². The van der Waals surface area contributed by atoms with Crippen molar-refractivity contribution >= 4 is 16.9 Å². The standard InChI is InChI=1S/C18H15NO3/c20-18(21)17(14-6-2-1-3-7-14)22-12-13-10-15-8-4-5-9-16(15)19-11-13/h1-11,17H,12H2,(H,20,21). The number of carboxylic acid groups (broad SMARTS) is 1. The molecule has 0 saturated heterocycles. The molecule has 1 heterocycles. The van der Waals surface area contributed by atoms with E-state index in [0.29, 0.717) is 5.56 Å². The summed E-state index contributed by atoms with van der Waals surface area (Å²) in [6.45, 7) is 0.198. The fourth-order valence-corrected chi connectivity index (χ4v) is 2.31. The summed E-state index contributed by atoms with van der Waals surface area (Å²) in [6.07, 6.45) is 0.736. The average Bonchev–Trinajstić information content (AvgIpc) is 2.55. The second kappa shape index (κ2) is 6.37. The van der Waals surface area contributed by atoms with Crippen molar-refractivity contribution in [2.45, 2.75) is 12.7 Å². The van der Waals surface area contributed by atoms with Crippen molar-refractivity contribution in [2.24, 2.45) is 0 Å². The molecular weight excluding hydrogens is 278 g/mol. The van der Waals surface area contributed by atoms with E-state index in [2.05, 4.69) is 4.98 Å². The molecule has 4 heteroatoms. The Morgan fingerprint density at radius 3 is 2.59 bits per heavy atom. The summed E-state index contributed by atoms with van der Waals surface area (Å²) >= 11 is 0. The van der Waals surface area contributed by atoms with Crippen LogP contribution in [0, 0.1) is 0 Å². The average molecular weight is 293 g/mol. The first kappa shape index (κ1) is 14.2. The maximum absolute atomic E-state index is 11.4. The van der Waals surface area contributed by atoms with E-state index in [4.69, 9.17) is 4.74 Å². The number of nitrogens with zero attached hydrogens (tertiary/aromatic N) is 1. The zero-order valence-electron chi connectivity index (χ0n) is 11.8. The van der Waals surface area contributed by atoms with Gasteiger partial charge in [-0.15, -0.1) is 0 Å². The van der Waals surface area contributed by atoms with E-state index in [-0.39, 0.29) is 6.61 Å². The van der Waals surface area contributed by atoms with E-state index >= 15 is 0 Å². The molecule has 0 fully saturated rings. The molecule has 2 aromatic carbocycles. The van der Waals surface area contributed by atoms with Crippen molar-refractivity contribution in [3.8, 4) is 0 Å². The van der Waals surface area contributed by atoms with Crippen LogP contribution in [0.2, 0.25) is 0 Å². The van der Waals surface area contributed by atoms with Gasteiger partial charge in [-0.05, 0) is 23.3 Å². The second-order valence-electron chi connectivity index (χ2n) is 4.98. The number of hydrogen-bond acceptors (Lipinski definition) is 3. The van der Waals surface area contributed by atoms with Crippen molar-refractivity contribution in [3.05, 3.63) is 78.0 Å². The summed E-state index contributed by atoms with van der Waals surface area (Å²) in [5.41, 5.74) is 2.38. The van der Waals surface area contributed by atoms with Gasteiger partial charge in [0.2, 0.25) is 0 Å². The number of pyridine rings is 1. The van der Waals surface area contributed by atoms with Gasteiger partial charge in [0.25, 0.3) is 0 Å². The third-order valence-corrected chi connectivity index (χ3v) is 3.39. The van der Waals surface area contributed by atoms with Crippen LogP contribution in [0.3, 0.4) is 0 Å². The van der Waals surface area contributed by atoms with Crippen molar-refractivity contribution in [1.29, 1.82) is 0 Å². The van der Waals surface area contributed by atoms with Gasteiger partial charge < -0.3 is 9.84 Å². The normalized spacial score (nSPS) is 12.2. The smallest absolute Gasteiger partial charge is 0.337 e. The zero-order chi connectivity index (χ0) is 15.4. The minimum atomic E-state index is -1.00. The molecule has 0 aliphatic rings. The third kappa shape index (κ3) is 3.13. The van der Waals surface area contributed by atoms with Gasteiger partial charge in [-0.3, -0.25) is 4.98 Å². The second-order valence-corrected chi connectivity index (χ2v) is 4.98. The molecule has 1 N–H and O–H groups in total. The van der Waals surface area contributed by atoms with E-state index in [1.807, 2.05) is 36.4 Å². The molecule has 0 amide bonds. The summed E-state index contributed by atoms with van der Waals surface area (Å²) in [5.74, 6) is -1.00. The number of ether oxygens (including phenoxy) is 1. The summed E-state index contributed by atoms with van der Waals surface area (Å²) in [5, 5.41) is 10.3. The van der Waals surface area contributed by atoms with E-state index in [1.54, 1.807) is 30.5 Å². The molecule has 0 saturated carbocycles. The number of fused-ring (bicyclic) bond motifs is 1. The number of para-hydroxylation sites is 1. The lowest BCUT2D eigenvalue weighted by Crippen LogP contribution is -2.15. The lowest BCUT2D eigenvalue weighted by Gasteiger charge is -2.14. The monoisotopic (exact) mass is 293 g/mol. The van der Waals surface area contributed by atoms with Crippen LogP contribution in [0.5, 0.6) is 0 Å². The number of aliphatic carboxylic acids is 1. The quantitative estimate of drug-likeness (QED) is 0.781. The number of hydrogen-bond donors (Lipinski definition) is 1. The first-order chi connectivity index (χ1) is 10.7. The van der Waals surface area contributed by atoms with Gasteiger partial charge in [-0.1, -0.05) is 48.5 Å². The van der Waals surface area contributed by atoms with Crippen molar-refractivity contribution in [3.63, 3.8) is 0 Å². The first-order valence-electron chi connectivity index (χ1n) is 6.97. The Bertz CT molecular complexity index is 786. The largest absolute Gasteiger partial charge is 0.479 e. The van der Waals surface area contributed by atoms with Crippen molar-refractivity contribution in [2.75, 3.05) is 0 Å². The van der Waals surface area contributed by atoms with Crippen LogP contribution in [0.4, 0.5) is 0 Å². The molecule has 0 aliphatic heterocycles. The highest BCUT2D eigenvalue weighted by Gasteiger charge is 2.20. The van der Waals surface area contributed by atoms with Crippen molar-refractivity contribution < 1.29 is 14.6 Å². The first-order valence-corrected chi connectivity index (χ1v) is 6.97. The molecule has 1 atom stereocenters. The number of benzene rings is 2. The zero-order valence-corrected chi connectivity index (χ0v) is 11.8. The Morgan fingerprint density at radius 2 is 1.82 bits per heavy atom. The van der Waals surface area contributed by atoms with Crippen LogP contribution >= 0.6 is 0 Å². The maximum atomic E-state index is 11.4. The highest BCUT2D eigenvalue weighted by Crippen LogP contribution is 2.20. The topological polar surface area (TPSA) is 59.4 Å². The molecule has 4 nitrogen and oxygen atoms in total. The molecule has 22 heavy (non-hydrogen) atoms. The Labute approximate surface area is 128 Å². The van der Waals surface area contributed by atoms with Gasteiger partial charge in [-0.2, -0.15) is 0 Å². The van der Waals surface area contributed by atoms with Crippen LogP contribution < -0.4 is 0 Å². The molecular formula is C18H15NO3. The molecule has 0 bridgehead atoms. The third-order valence-electron chi connectivity index (χ3n) is 3.39. The number of carbonyl (C=O) groups is 1. The van der Waals surface area contributed by atoms with Crippen LogP contribution in [0.15, 0.2) is 66.9 Å². The van der Waals surface area contributed by atoms with Crippen LogP contribution in [0.1, 0.15) is 17.2 Å². The fraction of sp³-hybridized carbons (Fsp3) is 0.111. The van der Waals surface area contributed by atoms with Crippen LogP contribution in [-0.4, -0.2) is 16.1 Å². The van der Waals surface area contributed by atoms with E-state index in [0.717, 1.165) is 16.5 Å². The summed E-state index contributed by atoms with van der Waals surface area (Å²) in [4.78, 5) is 15.7. The maximum Gasteiger partial charge on any atom is 0.337 e.